The zero-order valence-corrected chi connectivity index (χ0v) is 12.5. The Hall–Kier alpha value is -1.65. The van der Waals surface area contributed by atoms with Crippen molar-refractivity contribution in [2.45, 2.75) is 12.3 Å². The Morgan fingerprint density at radius 2 is 1.76 bits per heavy atom. The predicted octanol–water partition coefficient (Wildman–Crippen LogP) is 5.26. The molecule has 21 heavy (non-hydrogen) atoms. The Balaban J connectivity index is 2.39. The fraction of sp³-hybridized carbons (Fsp3) is 0.133. The molecule has 1 aromatic heterocycles. The first kappa shape index (κ1) is 14.3. The monoisotopic (exact) mass is 326 g/mol. The number of halogens is 4. The van der Waals surface area contributed by atoms with Crippen LogP contribution in [-0.2, 0) is 0 Å². The van der Waals surface area contributed by atoms with Gasteiger partial charge in [0.15, 0.2) is 0 Å². The zero-order chi connectivity index (χ0) is 15.1. The molecule has 1 heterocycles. The number of nitrogens with zero attached hydrogens (tertiary/aromatic N) is 2. The summed E-state index contributed by atoms with van der Waals surface area (Å²) in [7, 11) is 0. The number of imidazole rings is 1. The van der Waals surface area contributed by atoms with Crippen molar-refractivity contribution >= 4 is 34.2 Å². The molecule has 2 nitrogen and oxygen atoms in total. The van der Waals surface area contributed by atoms with E-state index in [0.717, 1.165) is 0 Å². The number of hydrogen-bond acceptors (Lipinski definition) is 1. The second-order valence-corrected chi connectivity index (χ2v) is 5.71. The van der Waals surface area contributed by atoms with Gasteiger partial charge in [0.25, 0.3) is 0 Å². The molecule has 3 aromatic rings. The highest BCUT2D eigenvalue weighted by Gasteiger charge is 2.18. The summed E-state index contributed by atoms with van der Waals surface area (Å²) >= 11 is 12.3. The molecule has 0 amide bonds. The van der Waals surface area contributed by atoms with Crippen LogP contribution in [0.4, 0.5) is 8.78 Å². The number of rotatable bonds is 2. The maximum atomic E-state index is 13.6. The number of benzene rings is 2. The molecule has 6 heteroatoms. The molecule has 2 aromatic carbocycles. The van der Waals surface area contributed by atoms with E-state index in [2.05, 4.69) is 4.98 Å². The van der Waals surface area contributed by atoms with Gasteiger partial charge in [0.05, 0.1) is 27.1 Å². The normalized spacial score (nSPS) is 12.8. The van der Waals surface area contributed by atoms with Crippen molar-refractivity contribution < 1.29 is 8.78 Å². The van der Waals surface area contributed by atoms with Crippen LogP contribution in [0.25, 0.3) is 16.7 Å². The second kappa shape index (κ2) is 5.28. The van der Waals surface area contributed by atoms with Crippen molar-refractivity contribution in [3.63, 3.8) is 0 Å². The van der Waals surface area contributed by atoms with E-state index in [0.29, 0.717) is 27.6 Å². The lowest BCUT2D eigenvalue weighted by Gasteiger charge is -2.12. The van der Waals surface area contributed by atoms with Gasteiger partial charge in [-0.05, 0) is 37.3 Å². The molecule has 3 rings (SSSR count). The molecule has 0 radical (unpaired) electrons. The van der Waals surface area contributed by atoms with Crippen molar-refractivity contribution in [3.05, 3.63) is 58.9 Å². The minimum absolute atomic E-state index is 0.360. The minimum atomic E-state index is -0.445. The average molecular weight is 327 g/mol. The topological polar surface area (TPSA) is 17.8 Å². The van der Waals surface area contributed by atoms with Crippen LogP contribution in [-0.4, -0.2) is 9.55 Å². The molecular weight excluding hydrogens is 317 g/mol. The summed E-state index contributed by atoms with van der Waals surface area (Å²) in [5, 5.41) is -0.0848. The van der Waals surface area contributed by atoms with Crippen molar-refractivity contribution in [1.82, 2.24) is 9.55 Å². The smallest absolute Gasteiger partial charge is 0.132 e. The van der Waals surface area contributed by atoms with Gasteiger partial charge in [-0.15, -0.1) is 11.6 Å². The van der Waals surface area contributed by atoms with Gasteiger partial charge in [0.2, 0.25) is 0 Å². The maximum Gasteiger partial charge on any atom is 0.132 e. The molecule has 0 aliphatic heterocycles. The van der Waals surface area contributed by atoms with E-state index in [1.807, 2.05) is 0 Å². The van der Waals surface area contributed by atoms with Crippen molar-refractivity contribution in [1.29, 1.82) is 0 Å². The Bertz CT molecular complexity index is 828. The average Bonchev–Trinajstić information content (AvgIpc) is 2.80. The first-order chi connectivity index (χ1) is 9.97. The van der Waals surface area contributed by atoms with Gasteiger partial charge < -0.3 is 0 Å². The predicted molar refractivity (Wildman–Crippen MR) is 80.3 cm³/mol. The SMILES string of the molecule is CC(Cl)c1nc2cc(F)ccc2n1-c1cc(F)ccc1Cl. The van der Waals surface area contributed by atoms with Crippen LogP contribution >= 0.6 is 23.2 Å². The molecule has 0 saturated carbocycles. The highest BCUT2D eigenvalue weighted by molar-refractivity contribution is 6.32. The fourth-order valence-corrected chi connectivity index (χ4v) is 2.60. The standard InChI is InChI=1S/C15H10Cl2F2N2/c1-8(16)15-20-12-6-9(18)3-5-13(12)21(15)14-7-10(19)2-4-11(14)17/h2-8H,1H3. The molecular formula is C15H10Cl2F2N2. The van der Waals surface area contributed by atoms with E-state index in [4.69, 9.17) is 23.2 Å². The van der Waals surface area contributed by atoms with Crippen LogP contribution in [0.15, 0.2) is 36.4 Å². The van der Waals surface area contributed by atoms with Crippen LogP contribution in [0.5, 0.6) is 0 Å². The molecule has 0 spiro atoms. The molecule has 0 saturated heterocycles. The molecule has 108 valence electrons. The fourth-order valence-electron chi connectivity index (χ4n) is 2.25. The molecule has 0 aliphatic rings. The van der Waals surface area contributed by atoms with Gasteiger partial charge in [-0.2, -0.15) is 0 Å². The second-order valence-electron chi connectivity index (χ2n) is 4.65. The lowest BCUT2D eigenvalue weighted by molar-refractivity contribution is 0.626. The molecule has 0 N–H and O–H groups in total. The van der Waals surface area contributed by atoms with Crippen molar-refractivity contribution in [3.8, 4) is 5.69 Å². The van der Waals surface area contributed by atoms with E-state index < -0.39 is 17.0 Å². The number of alkyl halides is 1. The van der Waals surface area contributed by atoms with Crippen LogP contribution in [0.1, 0.15) is 18.1 Å². The summed E-state index contributed by atoms with van der Waals surface area (Å²) < 4.78 is 28.6. The van der Waals surface area contributed by atoms with Gasteiger partial charge in [-0.3, -0.25) is 4.57 Å². The number of aromatic nitrogens is 2. The number of fused-ring (bicyclic) bond motifs is 1. The highest BCUT2D eigenvalue weighted by atomic mass is 35.5. The third kappa shape index (κ3) is 2.49. The lowest BCUT2D eigenvalue weighted by Crippen LogP contribution is -2.03. The van der Waals surface area contributed by atoms with Gasteiger partial charge >= 0.3 is 0 Å². The van der Waals surface area contributed by atoms with E-state index in [1.54, 1.807) is 17.6 Å². The van der Waals surface area contributed by atoms with Crippen LogP contribution in [0.2, 0.25) is 5.02 Å². The molecule has 0 aliphatic carbocycles. The third-order valence-electron chi connectivity index (χ3n) is 3.15. The summed E-state index contributed by atoms with van der Waals surface area (Å²) in [6.07, 6.45) is 0. The zero-order valence-electron chi connectivity index (χ0n) is 10.9. The summed E-state index contributed by atoms with van der Waals surface area (Å²) in [6, 6.07) is 8.23. The number of hydrogen-bond donors (Lipinski definition) is 0. The molecule has 1 atom stereocenters. The van der Waals surface area contributed by atoms with Gasteiger partial charge in [0, 0.05) is 6.07 Å². The van der Waals surface area contributed by atoms with E-state index in [1.165, 1.54) is 30.3 Å². The van der Waals surface area contributed by atoms with Crippen molar-refractivity contribution in [2.75, 3.05) is 0 Å². The third-order valence-corrected chi connectivity index (χ3v) is 3.66. The quantitative estimate of drug-likeness (QED) is 0.587. The van der Waals surface area contributed by atoms with E-state index >= 15 is 0 Å². The Morgan fingerprint density at radius 3 is 2.48 bits per heavy atom. The maximum absolute atomic E-state index is 13.6. The lowest BCUT2D eigenvalue weighted by atomic mass is 10.2. The first-order valence-electron chi connectivity index (χ1n) is 6.25. The summed E-state index contributed by atoms with van der Waals surface area (Å²) in [5.41, 5.74) is 1.48. The van der Waals surface area contributed by atoms with Crippen LogP contribution in [0, 0.1) is 11.6 Å². The Labute approximate surface area is 129 Å². The van der Waals surface area contributed by atoms with Gasteiger partial charge in [-0.25, -0.2) is 13.8 Å². The highest BCUT2D eigenvalue weighted by Crippen LogP contribution is 2.32. The molecule has 0 fully saturated rings. The van der Waals surface area contributed by atoms with Crippen LogP contribution < -0.4 is 0 Å². The van der Waals surface area contributed by atoms with Crippen LogP contribution in [0.3, 0.4) is 0 Å². The van der Waals surface area contributed by atoms with E-state index in [-0.39, 0.29) is 0 Å². The van der Waals surface area contributed by atoms with Gasteiger partial charge in [0.1, 0.15) is 17.5 Å². The Kier molecular flexibility index (Phi) is 3.59. The first-order valence-corrected chi connectivity index (χ1v) is 7.06. The largest absolute Gasteiger partial charge is 0.293 e. The minimum Gasteiger partial charge on any atom is -0.293 e. The summed E-state index contributed by atoms with van der Waals surface area (Å²) in [6.45, 7) is 1.74. The molecule has 0 bridgehead atoms. The Morgan fingerprint density at radius 1 is 1.10 bits per heavy atom. The van der Waals surface area contributed by atoms with Crippen molar-refractivity contribution in [2.24, 2.45) is 0 Å². The van der Waals surface area contributed by atoms with Gasteiger partial charge in [-0.1, -0.05) is 11.6 Å². The summed E-state index contributed by atoms with van der Waals surface area (Å²) in [5.74, 6) is -0.345. The molecule has 1 unspecified atom stereocenters. The summed E-state index contributed by atoms with van der Waals surface area (Å²) in [4.78, 5) is 4.33. The van der Waals surface area contributed by atoms with E-state index in [9.17, 15) is 8.78 Å².